The number of benzene rings is 1. The molecule has 0 spiro atoms. The molecule has 0 bridgehead atoms. The number of hydrogen-bond donors (Lipinski definition) is 1. The van der Waals surface area contributed by atoms with Gasteiger partial charge in [-0.1, -0.05) is 35.0 Å². The zero-order valence-corrected chi connectivity index (χ0v) is 17.7. The van der Waals surface area contributed by atoms with Gasteiger partial charge in [0.05, 0.1) is 0 Å². The van der Waals surface area contributed by atoms with Gasteiger partial charge in [-0.3, -0.25) is 0 Å². The molecule has 1 aromatic rings. The molecule has 5 heteroatoms. The zero-order chi connectivity index (χ0) is 18.7. The van der Waals surface area contributed by atoms with Crippen LogP contribution in [0.5, 0.6) is 0 Å². The van der Waals surface area contributed by atoms with Crippen molar-refractivity contribution < 1.29 is 9.53 Å². The summed E-state index contributed by atoms with van der Waals surface area (Å²) in [6.07, 6.45) is 1.95. The van der Waals surface area contributed by atoms with Crippen molar-refractivity contribution >= 4 is 22.0 Å². The maximum Gasteiger partial charge on any atom is 0.410 e. The third kappa shape index (κ3) is 6.30. The molecule has 1 fully saturated rings. The molecular weight excluding hydrogens is 380 g/mol. The zero-order valence-electron chi connectivity index (χ0n) is 16.1. The van der Waals surface area contributed by atoms with Crippen molar-refractivity contribution in [3.63, 3.8) is 0 Å². The largest absolute Gasteiger partial charge is 0.444 e. The molecule has 140 valence electrons. The molecule has 1 atom stereocenters. The Morgan fingerprint density at radius 2 is 2.12 bits per heavy atom. The Morgan fingerprint density at radius 3 is 2.76 bits per heavy atom. The summed E-state index contributed by atoms with van der Waals surface area (Å²) in [7, 11) is 0. The first kappa shape index (κ1) is 20.2. The van der Waals surface area contributed by atoms with E-state index in [1.54, 1.807) is 0 Å². The summed E-state index contributed by atoms with van der Waals surface area (Å²) >= 11 is 3.54. The second-order valence-electron chi connectivity index (χ2n) is 8.50. The lowest BCUT2D eigenvalue weighted by Gasteiger charge is -2.41. The van der Waals surface area contributed by atoms with E-state index in [1.165, 1.54) is 11.1 Å². The van der Waals surface area contributed by atoms with Crippen LogP contribution in [0, 0.1) is 12.3 Å². The van der Waals surface area contributed by atoms with Crippen molar-refractivity contribution in [2.75, 3.05) is 19.6 Å². The summed E-state index contributed by atoms with van der Waals surface area (Å²) in [6, 6.07) is 6.44. The first-order chi connectivity index (χ1) is 11.6. The number of piperidine rings is 1. The molecule has 1 aliphatic heterocycles. The molecule has 0 saturated carbocycles. The highest BCUT2D eigenvalue weighted by atomic mass is 79.9. The molecule has 0 radical (unpaired) electrons. The van der Waals surface area contributed by atoms with Crippen molar-refractivity contribution in [2.24, 2.45) is 5.41 Å². The molecule has 1 heterocycles. The number of halogens is 1. The molecule has 0 aromatic heterocycles. The Kier molecular flexibility index (Phi) is 6.55. The summed E-state index contributed by atoms with van der Waals surface area (Å²) in [5.74, 6) is 0. The van der Waals surface area contributed by atoms with E-state index in [0.29, 0.717) is 0 Å². The average Bonchev–Trinajstić information content (AvgIpc) is 2.49. The molecule has 2 rings (SSSR count). The average molecular weight is 411 g/mol. The fourth-order valence-corrected chi connectivity index (χ4v) is 3.51. The van der Waals surface area contributed by atoms with Crippen LogP contribution in [-0.2, 0) is 11.3 Å². The molecule has 4 nitrogen and oxygen atoms in total. The quantitative estimate of drug-likeness (QED) is 0.768. The maximum absolute atomic E-state index is 12.3. The van der Waals surface area contributed by atoms with Gasteiger partial charge in [0.1, 0.15) is 5.60 Å². The van der Waals surface area contributed by atoms with Gasteiger partial charge in [0.15, 0.2) is 0 Å². The van der Waals surface area contributed by atoms with E-state index < -0.39 is 5.60 Å². The second-order valence-corrected chi connectivity index (χ2v) is 9.36. The van der Waals surface area contributed by atoms with E-state index in [4.69, 9.17) is 4.74 Å². The molecule has 0 aliphatic carbocycles. The molecule has 1 amide bonds. The minimum atomic E-state index is -0.442. The minimum absolute atomic E-state index is 0.0829. The number of nitrogens with zero attached hydrogens (tertiary/aromatic N) is 1. The molecule has 1 unspecified atom stereocenters. The van der Waals surface area contributed by atoms with Gasteiger partial charge in [0, 0.05) is 30.7 Å². The van der Waals surface area contributed by atoms with Gasteiger partial charge >= 0.3 is 6.09 Å². The summed E-state index contributed by atoms with van der Waals surface area (Å²) in [5.41, 5.74) is 2.17. The van der Waals surface area contributed by atoms with Crippen molar-refractivity contribution in [1.82, 2.24) is 10.2 Å². The van der Waals surface area contributed by atoms with Gasteiger partial charge in [-0.2, -0.15) is 0 Å². The van der Waals surface area contributed by atoms with E-state index in [1.807, 2.05) is 25.7 Å². The van der Waals surface area contributed by atoms with E-state index in [0.717, 1.165) is 43.5 Å². The molecule has 25 heavy (non-hydrogen) atoms. The summed E-state index contributed by atoms with van der Waals surface area (Å²) in [4.78, 5) is 14.2. The van der Waals surface area contributed by atoms with Crippen molar-refractivity contribution in [3.05, 3.63) is 33.8 Å². The fraction of sp³-hybridized carbons (Fsp3) is 0.650. The van der Waals surface area contributed by atoms with Gasteiger partial charge in [0.2, 0.25) is 0 Å². The SMILES string of the molecule is Cc1cc(CNCC2(C)CCCN(C(=O)OC(C)(C)C)C2)ccc1Br. The highest BCUT2D eigenvalue weighted by molar-refractivity contribution is 9.10. The van der Waals surface area contributed by atoms with Crippen molar-refractivity contribution in [3.8, 4) is 0 Å². The van der Waals surface area contributed by atoms with Gasteiger partial charge in [-0.05, 0) is 63.1 Å². The van der Waals surface area contributed by atoms with Crippen LogP contribution >= 0.6 is 15.9 Å². The van der Waals surface area contributed by atoms with Crippen LogP contribution in [0.2, 0.25) is 0 Å². The van der Waals surface area contributed by atoms with Crippen LogP contribution in [0.3, 0.4) is 0 Å². The topological polar surface area (TPSA) is 41.6 Å². The second kappa shape index (κ2) is 8.09. The fourth-order valence-electron chi connectivity index (χ4n) is 3.27. The van der Waals surface area contributed by atoms with Gasteiger partial charge in [-0.25, -0.2) is 4.79 Å². The van der Waals surface area contributed by atoms with E-state index in [-0.39, 0.29) is 11.5 Å². The standard InChI is InChI=1S/C20H31BrN2O2/c1-15-11-16(7-8-17(15)21)12-22-13-20(5)9-6-10-23(14-20)18(24)25-19(2,3)4/h7-8,11,22H,6,9-10,12-14H2,1-5H3. The normalized spacial score (nSPS) is 21.3. The Balaban J connectivity index is 1.87. The van der Waals surface area contributed by atoms with E-state index in [9.17, 15) is 4.79 Å². The summed E-state index contributed by atoms with van der Waals surface area (Å²) < 4.78 is 6.67. The lowest BCUT2D eigenvalue weighted by molar-refractivity contribution is 0.00675. The number of carbonyl (C=O) groups is 1. The third-order valence-electron chi connectivity index (χ3n) is 4.54. The number of hydrogen-bond acceptors (Lipinski definition) is 3. The number of ether oxygens (including phenoxy) is 1. The van der Waals surface area contributed by atoms with E-state index >= 15 is 0 Å². The first-order valence-electron chi connectivity index (χ1n) is 9.02. The molecule has 1 aliphatic rings. The van der Waals surface area contributed by atoms with Crippen LogP contribution < -0.4 is 5.32 Å². The highest BCUT2D eigenvalue weighted by Crippen LogP contribution is 2.30. The molecule has 1 saturated heterocycles. The number of aryl methyl sites for hydroxylation is 1. The monoisotopic (exact) mass is 410 g/mol. The van der Waals surface area contributed by atoms with Crippen molar-refractivity contribution in [2.45, 2.75) is 59.6 Å². The Bertz CT molecular complexity index is 612. The van der Waals surface area contributed by atoms with Crippen LogP contribution in [0.4, 0.5) is 4.79 Å². The number of rotatable bonds is 4. The van der Waals surface area contributed by atoms with Crippen LogP contribution in [-0.4, -0.2) is 36.2 Å². The lowest BCUT2D eigenvalue weighted by Crippen LogP contribution is -2.50. The van der Waals surface area contributed by atoms with Gasteiger partial charge in [0.25, 0.3) is 0 Å². The Labute approximate surface area is 160 Å². The van der Waals surface area contributed by atoms with Crippen LogP contribution in [0.15, 0.2) is 22.7 Å². The summed E-state index contributed by atoms with van der Waals surface area (Å²) in [5, 5.41) is 3.57. The predicted molar refractivity (Wildman–Crippen MR) is 106 cm³/mol. The molecule has 1 aromatic carbocycles. The highest BCUT2D eigenvalue weighted by Gasteiger charge is 2.34. The summed E-state index contributed by atoms with van der Waals surface area (Å²) in [6.45, 7) is 13.4. The molecular formula is C20H31BrN2O2. The van der Waals surface area contributed by atoms with Gasteiger partial charge in [-0.15, -0.1) is 0 Å². The smallest absolute Gasteiger partial charge is 0.410 e. The van der Waals surface area contributed by atoms with E-state index in [2.05, 4.69) is 53.3 Å². The number of carbonyl (C=O) groups excluding carboxylic acids is 1. The first-order valence-corrected chi connectivity index (χ1v) is 9.81. The van der Waals surface area contributed by atoms with Crippen LogP contribution in [0.25, 0.3) is 0 Å². The lowest BCUT2D eigenvalue weighted by atomic mass is 9.82. The number of amides is 1. The number of nitrogens with one attached hydrogen (secondary N) is 1. The van der Waals surface area contributed by atoms with Crippen molar-refractivity contribution in [1.29, 1.82) is 0 Å². The van der Waals surface area contributed by atoms with Gasteiger partial charge < -0.3 is 15.0 Å². The Morgan fingerprint density at radius 1 is 1.40 bits per heavy atom. The Hall–Kier alpha value is -1.07. The predicted octanol–water partition coefficient (Wildman–Crippen LogP) is 4.88. The third-order valence-corrected chi connectivity index (χ3v) is 5.43. The van der Waals surface area contributed by atoms with Crippen LogP contribution in [0.1, 0.15) is 51.7 Å². The minimum Gasteiger partial charge on any atom is -0.444 e. The molecule has 1 N–H and O–H groups in total. The number of likely N-dealkylation sites (tertiary alicyclic amines) is 1. The maximum atomic E-state index is 12.3.